The Kier molecular flexibility index (Phi) is 5.68. The summed E-state index contributed by atoms with van der Waals surface area (Å²) in [5.74, 6) is 2.55. The van der Waals surface area contributed by atoms with Gasteiger partial charge in [0.2, 0.25) is 11.1 Å². The molecule has 28 heavy (non-hydrogen) atoms. The molecule has 2 aromatic heterocycles. The summed E-state index contributed by atoms with van der Waals surface area (Å²) >= 11 is 4.67. The number of hydrogen-bond acceptors (Lipinski definition) is 7. The second kappa shape index (κ2) is 8.53. The Bertz CT molecular complexity index is 1000. The number of nitrogens with zero attached hydrogens (tertiary/aromatic N) is 2. The Morgan fingerprint density at radius 3 is 2.89 bits per heavy atom. The van der Waals surface area contributed by atoms with E-state index in [0.29, 0.717) is 41.4 Å². The third-order valence-corrected chi connectivity index (χ3v) is 5.17. The van der Waals surface area contributed by atoms with Crippen LogP contribution in [-0.2, 0) is 4.79 Å². The number of aromatic amines is 1. The van der Waals surface area contributed by atoms with Crippen molar-refractivity contribution in [1.82, 2.24) is 15.2 Å². The van der Waals surface area contributed by atoms with E-state index in [1.165, 1.54) is 11.8 Å². The fourth-order valence-electron chi connectivity index (χ4n) is 2.42. The first-order valence-corrected chi connectivity index (χ1v) is 10.1. The molecule has 1 amide bonds. The quantitative estimate of drug-likeness (QED) is 0.536. The van der Waals surface area contributed by atoms with Crippen molar-refractivity contribution in [3.8, 4) is 11.5 Å². The lowest BCUT2D eigenvalue weighted by molar-refractivity contribution is -0.113. The van der Waals surface area contributed by atoms with Gasteiger partial charge in [-0.1, -0.05) is 11.8 Å². The Morgan fingerprint density at radius 2 is 2.11 bits per heavy atom. The van der Waals surface area contributed by atoms with Crippen LogP contribution in [0.4, 0.5) is 5.69 Å². The van der Waals surface area contributed by atoms with E-state index in [1.807, 2.05) is 6.07 Å². The van der Waals surface area contributed by atoms with Crippen molar-refractivity contribution in [3.63, 3.8) is 0 Å². The fourth-order valence-corrected chi connectivity index (χ4v) is 3.45. The number of furan rings is 1. The summed E-state index contributed by atoms with van der Waals surface area (Å²) in [6.45, 7) is 0.997. The van der Waals surface area contributed by atoms with E-state index in [-0.39, 0.29) is 11.7 Å². The number of amides is 1. The minimum atomic E-state index is -0.181. The molecule has 3 heterocycles. The lowest BCUT2D eigenvalue weighted by Gasteiger charge is -2.20. The molecule has 0 fully saturated rings. The van der Waals surface area contributed by atoms with Crippen molar-refractivity contribution >= 4 is 51.4 Å². The number of H-pyrrole nitrogens is 1. The van der Waals surface area contributed by atoms with Gasteiger partial charge in [0.05, 0.1) is 17.7 Å². The highest BCUT2D eigenvalue weighted by molar-refractivity contribution is 9.10. The van der Waals surface area contributed by atoms with Gasteiger partial charge in [-0.3, -0.25) is 9.89 Å². The first-order chi connectivity index (χ1) is 13.7. The molecule has 2 N–H and O–H groups in total. The van der Waals surface area contributed by atoms with Crippen LogP contribution in [0.5, 0.6) is 11.5 Å². The molecular weight excluding hydrogens is 448 g/mol. The third-order valence-electron chi connectivity index (χ3n) is 3.67. The highest BCUT2D eigenvalue weighted by atomic mass is 79.9. The molecule has 3 aromatic rings. The molecule has 1 aromatic carbocycles. The van der Waals surface area contributed by atoms with E-state index >= 15 is 0 Å². The SMILES string of the molecule is O=C(CSc1n[nH]c(C=Cc2ccco2)n1)Nc1cc2c(cc1Br)OCCO2. The second-order valence-electron chi connectivity index (χ2n) is 5.66. The number of fused-ring (bicyclic) bond motifs is 1. The zero-order valence-corrected chi connectivity index (χ0v) is 16.9. The van der Waals surface area contributed by atoms with Gasteiger partial charge in [0, 0.05) is 16.6 Å². The molecule has 0 spiro atoms. The maximum absolute atomic E-state index is 12.3. The number of rotatable bonds is 6. The van der Waals surface area contributed by atoms with Crippen LogP contribution < -0.4 is 14.8 Å². The first kappa shape index (κ1) is 18.6. The normalized spacial score (nSPS) is 13.0. The topological polar surface area (TPSA) is 102 Å². The minimum Gasteiger partial charge on any atom is -0.486 e. The third kappa shape index (κ3) is 4.57. The highest BCUT2D eigenvalue weighted by Gasteiger charge is 2.16. The van der Waals surface area contributed by atoms with Crippen LogP contribution in [0.25, 0.3) is 12.2 Å². The Hall–Kier alpha value is -2.72. The Morgan fingerprint density at radius 1 is 1.29 bits per heavy atom. The number of ether oxygens (including phenoxy) is 2. The Labute approximate surface area is 172 Å². The smallest absolute Gasteiger partial charge is 0.234 e. The molecule has 0 atom stereocenters. The highest BCUT2D eigenvalue weighted by Crippen LogP contribution is 2.38. The fraction of sp³-hybridized carbons (Fsp3) is 0.167. The van der Waals surface area contributed by atoms with E-state index in [9.17, 15) is 4.79 Å². The first-order valence-electron chi connectivity index (χ1n) is 8.33. The van der Waals surface area contributed by atoms with Crippen molar-refractivity contribution in [2.45, 2.75) is 5.16 Å². The number of carbonyl (C=O) groups is 1. The molecule has 144 valence electrons. The van der Waals surface area contributed by atoms with Gasteiger partial charge in [-0.25, -0.2) is 4.98 Å². The molecular formula is C18H15BrN4O4S. The zero-order valence-electron chi connectivity index (χ0n) is 14.5. The van der Waals surface area contributed by atoms with Crippen LogP contribution in [-0.4, -0.2) is 40.1 Å². The predicted octanol–water partition coefficient (Wildman–Crippen LogP) is 3.83. The van der Waals surface area contributed by atoms with Crippen molar-refractivity contribution in [2.24, 2.45) is 0 Å². The predicted molar refractivity (Wildman–Crippen MR) is 109 cm³/mol. The van der Waals surface area contributed by atoms with Gasteiger partial charge in [0.1, 0.15) is 24.8 Å². The van der Waals surface area contributed by atoms with Crippen molar-refractivity contribution in [1.29, 1.82) is 0 Å². The lowest BCUT2D eigenvalue weighted by atomic mass is 10.2. The van der Waals surface area contributed by atoms with Gasteiger partial charge in [0.25, 0.3) is 0 Å². The molecule has 0 saturated heterocycles. The van der Waals surface area contributed by atoms with Crippen LogP contribution in [0.2, 0.25) is 0 Å². The number of nitrogens with one attached hydrogen (secondary N) is 2. The average molecular weight is 463 g/mol. The van der Waals surface area contributed by atoms with E-state index < -0.39 is 0 Å². The zero-order chi connectivity index (χ0) is 19.3. The summed E-state index contributed by atoms with van der Waals surface area (Å²) in [4.78, 5) is 16.6. The summed E-state index contributed by atoms with van der Waals surface area (Å²) in [6.07, 6.45) is 5.13. The number of benzene rings is 1. The molecule has 0 radical (unpaired) electrons. The van der Waals surface area contributed by atoms with Crippen molar-refractivity contribution < 1.29 is 18.7 Å². The van der Waals surface area contributed by atoms with Crippen LogP contribution in [0.15, 0.2) is 44.6 Å². The van der Waals surface area contributed by atoms with Crippen LogP contribution >= 0.6 is 27.7 Å². The van der Waals surface area contributed by atoms with Crippen molar-refractivity contribution in [3.05, 3.63) is 46.6 Å². The molecule has 0 unspecified atom stereocenters. The minimum absolute atomic E-state index is 0.167. The van der Waals surface area contributed by atoms with Crippen LogP contribution in [0.3, 0.4) is 0 Å². The number of hydrogen-bond donors (Lipinski definition) is 2. The monoisotopic (exact) mass is 462 g/mol. The average Bonchev–Trinajstić information content (AvgIpc) is 3.37. The number of aromatic nitrogens is 3. The number of halogens is 1. The molecule has 0 bridgehead atoms. The summed E-state index contributed by atoms with van der Waals surface area (Å²) in [5.41, 5.74) is 0.618. The Balaban J connectivity index is 1.32. The number of anilines is 1. The van der Waals surface area contributed by atoms with Gasteiger partial charge < -0.3 is 19.2 Å². The summed E-state index contributed by atoms with van der Waals surface area (Å²) in [6, 6.07) is 7.17. The van der Waals surface area contributed by atoms with Gasteiger partial charge in [-0.05, 0) is 40.2 Å². The largest absolute Gasteiger partial charge is 0.486 e. The second-order valence-corrected chi connectivity index (χ2v) is 7.46. The maximum Gasteiger partial charge on any atom is 0.234 e. The van der Waals surface area contributed by atoms with Gasteiger partial charge in [0.15, 0.2) is 11.5 Å². The lowest BCUT2D eigenvalue weighted by Crippen LogP contribution is -2.17. The maximum atomic E-state index is 12.3. The van der Waals surface area contributed by atoms with Gasteiger partial charge in [-0.15, -0.1) is 5.10 Å². The number of thioether (sulfide) groups is 1. The van der Waals surface area contributed by atoms with Crippen LogP contribution in [0.1, 0.15) is 11.6 Å². The molecule has 0 aliphatic carbocycles. The van der Waals surface area contributed by atoms with Gasteiger partial charge in [-0.2, -0.15) is 0 Å². The summed E-state index contributed by atoms with van der Waals surface area (Å²) in [7, 11) is 0. The molecule has 4 rings (SSSR count). The van der Waals surface area contributed by atoms with E-state index in [2.05, 4.69) is 36.4 Å². The molecule has 8 nitrogen and oxygen atoms in total. The summed E-state index contributed by atoms with van der Waals surface area (Å²) < 4.78 is 17.0. The summed E-state index contributed by atoms with van der Waals surface area (Å²) in [5, 5.41) is 10.2. The molecule has 0 saturated carbocycles. The van der Waals surface area contributed by atoms with Crippen molar-refractivity contribution in [2.75, 3.05) is 24.3 Å². The molecule has 1 aliphatic heterocycles. The molecule has 1 aliphatic rings. The number of carbonyl (C=O) groups excluding carboxylic acids is 1. The van der Waals surface area contributed by atoms with E-state index in [4.69, 9.17) is 13.9 Å². The van der Waals surface area contributed by atoms with Crippen LogP contribution in [0, 0.1) is 0 Å². The standard InChI is InChI=1S/C18H15BrN4O4S/c19-12-8-14-15(27-7-6-26-14)9-13(12)20-17(24)10-28-18-21-16(22-23-18)4-3-11-2-1-5-25-11/h1-5,8-9H,6-7,10H2,(H,20,24)(H,21,22,23). The van der Waals surface area contributed by atoms with E-state index in [0.717, 1.165) is 10.2 Å². The van der Waals surface area contributed by atoms with E-state index in [1.54, 1.807) is 36.6 Å². The molecule has 10 heteroatoms. The van der Waals surface area contributed by atoms with Gasteiger partial charge >= 0.3 is 0 Å².